The summed E-state index contributed by atoms with van der Waals surface area (Å²) in [4.78, 5) is 13.7. The Balaban J connectivity index is 2.15. The van der Waals surface area contributed by atoms with Crippen LogP contribution in [0.2, 0.25) is 0 Å². The number of carbonyl (C=O) groups excluding carboxylic acids is 1. The molecule has 1 saturated heterocycles. The third-order valence-electron chi connectivity index (χ3n) is 3.01. The summed E-state index contributed by atoms with van der Waals surface area (Å²) in [5.74, 6) is 1.07. The fraction of sp³-hybridized carbons (Fsp3) is 0.917. The Labute approximate surface area is 93.2 Å². The first-order valence-corrected chi connectivity index (χ1v) is 6.17. The highest BCUT2D eigenvalue weighted by Gasteiger charge is 2.28. The minimum absolute atomic E-state index is 0.0788. The van der Waals surface area contributed by atoms with E-state index < -0.39 is 0 Å². The summed E-state index contributed by atoms with van der Waals surface area (Å²) < 4.78 is 0. The molecule has 0 bridgehead atoms. The number of hydrogen-bond acceptors (Lipinski definition) is 2. The van der Waals surface area contributed by atoms with Crippen LogP contribution in [0.25, 0.3) is 0 Å². The van der Waals surface area contributed by atoms with E-state index in [1.54, 1.807) is 0 Å². The molecule has 15 heavy (non-hydrogen) atoms. The maximum atomic E-state index is 11.7. The van der Waals surface area contributed by atoms with Crippen LogP contribution in [-0.2, 0) is 4.79 Å². The van der Waals surface area contributed by atoms with Gasteiger partial charge in [0.25, 0.3) is 0 Å². The zero-order valence-electron chi connectivity index (χ0n) is 10.3. The van der Waals surface area contributed by atoms with E-state index in [-0.39, 0.29) is 6.04 Å². The number of rotatable bonds is 6. The molecule has 0 aromatic heterocycles. The van der Waals surface area contributed by atoms with Gasteiger partial charge in [-0.15, -0.1) is 0 Å². The standard InChI is InChI=1S/C12H24N2O/c1-4-11-12(15)14(9-13-11)8-6-5-7-10(2)3/h10-11,13H,4-9H2,1-3H3. The van der Waals surface area contributed by atoms with E-state index >= 15 is 0 Å². The van der Waals surface area contributed by atoms with Crippen LogP contribution in [-0.4, -0.2) is 30.1 Å². The Bertz CT molecular complexity index is 204. The normalized spacial score (nSPS) is 21.7. The average Bonchev–Trinajstić information content (AvgIpc) is 2.54. The molecule has 0 spiro atoms. The van der Waals surface area contributed by atoms with Crippen molar-refractivity contribution in [3.05, 3.63) is 0 Å². The predicted octanol–water partition coefficient (Wildman–Crippen LogP) is 1.98. The van der Waals surface area contributed by atoms with Gasteiger partial charge in [-0.3, -0.25) is 10.1 Å². The lowest BCUT2D eigenvalue weighted by Crippen LogP contribution is -2.30. The van der Waals surface area contributed by atoms with Gasteiger partial charge in [0.05, 0.1) is 12.7 Å². The molecule has 0 aromatic carbocycles. The molecule has 1 heterocycles. The van der Waals surface area contributed by atoms with E-state index in [0.717, 1.165) is 32.0 Å². The lowest BCUT2D eigenvalue weighted by molar-refractivity contribution is -0.129. The highest BCUT2D eigenvalue weighted by Crippen LogP contribution is 2.10. The van der Waals surface area contributed by atoms with E-state index in [1.807, 2.05) is 4.90 Å². The minimum Gasteiger partial charge on any atom is -0.329 e. The second-order valence-electron chi connectivity index (χ2n) is 4.81. The number of unbranched alkanes of at least 4 members (excludes halogenated alkanes) is 1. The van der Waals surface area contributed by atoms with Crippen molar-refractivity contribution >= 4 is 5.91 Å². The van der Waals surface area contributed by atoms with Crippen molar-refractivity contribution in [1.29, 1.82) is 0 Å². The second kappa shape index (κ2) is 6.11. The lowest BCUT2D eigenvalue weighted by Gasteiger charge is -2.15. The highest BCUT2D eigenvalue weighted by molar-refractivity contribution is 5.83. The van der Waals surface area contributed by atoms with Gasteiger partial charge in [-0.2, -0.15) is 0 Å². The maximum Gasteiger partial charge on any atom is 0.240 e. The molecule has 1 rings (SSSR count). The first-order chi connectivity index (χ1) is 7.15. The SMILES string of the molecule is CCC1NCN(CCCCC(C)C)C1=O. The van der Waals surface area contributed by atoms with E-state index in [0.29, 0.717) is 5.91 Å². The molecular formula is C12H24N2O. The monoisotopic (exact) mass is 212 g/mol. The summed E-state index contributed by atoms with van der Waals surface area (Å²) in [6.45, 7) is 8.22. The Kier molecular flexibility index (Phi) is 5.09. The van der Waals surface area contributed by atoms with Crippen molar-refractivity contribution in [3.63, 3.8) is 0 Å². The van der Waals surface area contributed by atoms with Gasteiger partial charge in [0.15, 0.2) is 0 Å². The Hall–Kier alpha value is -0.570. The predicted molar refractivity (Wildman–Crippen MR) is 62.5 cm³/mol. The van der Waals surface area contributed by atoms with E-state index in [2.05, 4.69) is 26.1 Å². The van der Waals surface area contributed by atoms with Crippen LogP contribution in [0.15, 0.2) is 0 Å². The number of hydrogen-bond donors (Lipinski definition) is 1. The van der Waals surface area contributed by atoms with Gasteiger partial charge < -0.3 is 4.90 Å². The fourth-order valence-corrected chi connectivity index (χ4v) is 1.97. The zero-order chi connectivity index (χ0) is 11.3. The number of nitrogens with one attached hydrogen (secondary N) is 1. The van der Waals surface area contributed by atoms with Gasteiger partial charge in [-0.1, -0.05) is 33.6 Å². The molecule has 1 aliphatic heterocycles. The van der Waals surface area contributed by atoms with Crippen LogP contribution < -0.4 is 5.32 Å². The quantitative estimate of drug-likeness (QED) is 0.683. The Morgan fingerprint density at radius 1 is 1.47 bits per heavy atom. The molecule has 1 amide bonds. The van der Waals surface area contributed by atoms with Crippen molar-refractivity contribution in [3.8, 4) is 0 Å². The van der Waals surface area contributed by atoms with Crippen molar-refractivity contribution in [2.75, 3.05) is 13.2 Å². The highest BCUT2D eigenvalue weighted by atomic mass is 16.2. The van der Waals surface area contributed by atoms with Gasteiger partial charge in [-0.25, -0.2) is 0 Å². The van der Waals surface area contributed by atoms with Gasteiger partial charge in [-0.05, 0) is 18.8 Å². The van der Waals surface area contributed by atoms with Gasteiger partial charge >= 0.3 is 0 Å². The van der Waals surface area contributed by atoms with Crippen LogP contribution in [0, 0.1) is 5.92 Å². The van der Waals surface area contributed by atoms with Crippen LogP contribution >= 0.6 is 0 Å². The molecule has 0 saturated carbocycles. The summed E-state index contributed by atoms with van der Waals surface area (Å²) in [5.41, 5.74) is 0. The summed E-state index contributed by atoms with van der Waals surface area (Å²) in [6.07, 6.45) is 4.55. The molecule has 1 fully saturated rings. The molecule has 1 aliphatic rings. The van der Waals surface area contributed by atoms with E-state index in [1.165, 1.54) is 12.8 Å². The molecule has 1 N–H and O–H groups in total. The molecule has 1 unspecified atom stereocenters. The summed E-state index contributed by atoms with van der Waals surface area (Å²) >= 11 is 0. The van der Waals surface area contributed by atoms with Crippen molar-refractivity contribution in [1.82, 2.24) is 10.2 Å². The largest absolute Gasteiger partial charge is 0.329 e. The topological polar surface area (TPSA) is 32.3 Å². The summed E-state index contributed by atoms with van der Waals surface area (Å²) in [6, 6.07) is 0.0788. The van der Waals surface area contributed by atoms with Gasteiger partial charge in [0.1, 0.15) is 0 Å². The summed E-state index contributed by atoms with van der Waals surface area (Å²) in [5, 5.41) is 3.23. The van der Waals surface area contributed by atoms with Crippen LogP contribution in [0.5, 0.6) is 0 Å². The zero-order valence-corrected chi connectivity index (χ0v) is 10.3. The van der Waals surface area contributed by atoms with E-state index in [4.69, 9.17) is 0 Å². The van der Waals surface area contributed by atoms with Crippen molar-refractivity contribution in [2.24, 2.45) is 5.92 Å². The van der Waals surface area contributed by atoms with Crippen molar-refractivity contribution < 1.29 is 4.79 Å². The van der Waals surface area contributed by atoms with Crippen molar-refractivity contribution in [2.45, 2.75) is 52.5 Å². The smallest absolute Gasteiger partial charge is 0.240 e. The Morgan fingerprint density at radius 2 is 2.20 bits per heavy atom. The molecular weight excluding hydrogens is 188 g/mol. The van der Waals surface area contributed by atoms with Crippen LogP contribution in [0.1, 0.15) is 46.5 Å². The fourth-order valence-electron chi connectivity index (χ4n) is 1.97. The minimum atomic E-state index is 0.0788. The first-order valence-electron chi connectivity index (χ1n) is 6.17. The molecule has 1 atom stereocenters. The Morgan fingerprint density at radius 3 is 2.73 bits per heavy atom. The van der Waals surface area contributed by atoms with Gasteiger partial charge in [0.2, 0.25) is 5.91 Å². The molecule has 3 nitrogen and oxygen atoms in total. The molecule has 88 valence electrons. The number of carbonyl (C=O) groups is 1. The van der Waals surface area contributed by atoms with Crippen LogP contribution in [0.3, 0.4) is 0 Å². The third-order valence-corrected chi connectivity index (χ3v) is 3.01. The summed E-state index contributed by atoms with van der Waals surface area (Å²) in [7, 11) is 0. The number of amides is 1. The van der Waals surface area contributed by atoms with Gasteiger partial charge in [0, 0.05) is 6.54 Å². The number of nitrogens with zero attached hydrogens (tertiary/aromatic N) is 1. The molecule has 0 radical (unpaired) electrons. The lowest BCUT2D eigenvalue weighted by atomic mass is 10.1. The maximum absolute atomic E-state index is 11.7. The van der Waals surface area contributed by atoms with E-state index in [9.17, 15) is 4.79 Å². The average molecular weight is 212 g/mol. The third kappa shape index (κ3) is 3.82. The molecule has 0 aliphatic carbocycles. The second-order valence-corrected chi connectivity index (χ2v) is 4.81. The molecule has 3 heteroatoms. The van der Waals surface area contributed by atoms with Crippen LogP contribution in [0.4, 0.5) is 0 Å². The molecule has 0 aromatic rings. The first kappa shape index (κ1) is 12.5.